The first-order chi connectivity index (χ1) is 23.4. The van der Waals surface area contributed by atoms with Crippen LogP contribution < -0.4 is 0 Å². The fourth-order valence-corrected chi connectivity index (χ4v) is 5.48. The molecule has 0 N–H and O–H groups in total. The Balaban J connectivity index is 0.000000191. The van der Waals surface area contributed by atoms with Gasteiger partial charge in [-0.2, -0.15) is 14.9 Å². The molecule has 10 nitrogen and oxygen atoms in total. The average molecular weight is 723 g/mol. The van der Waals surface area contributed by atoms with Crippen molar-refractivity contribution in [2.24, 2.45) is 0 Å². The van der Waals surface area contributed by atoms with E-state index in [0.717, 1.165) is 5.56 Å². The number of hydrogen-bond donors (Lipinski definition) is 0. The van der Waals surface area contributed by atoms with Gasteiger partial charge < -0.3 is 9.26 Å². The molecule has 6 aromatic rings. The summed E-state index contributed by atoms with van der Waals surface area (Å²) in [5.41, 5.74) is 4.12. The predicted octanol–water partition coefficient (Wildman–Crippen LogP) is 8.20. The lowest BCUT2D eigenvalue weighted by atomic mass is 10.0. The lowest BCUT2D eigenvalue weighted by Gasteiger charge is -2.07. The number of nitrogens with zero attached hydrogens (tertiary/aromatic N) is 5. The minimum absolute atomic E-state index is 0.0133. The fourth-order valence-electron chi connectivity index (χ4n) is 5.00. The summed E-state index contributed by atoms with van der Waals surface area (Å²) in [6.45, 7) is 5.22. The Kier molecular flexibility index (Phi) is 10.8. The van der Waals surface area contributed by atoms with E-state index in [1.807, 2.05) is 0 Å². The Bertz CT molecular complexity index is 2150. The van der Waals surface area contributed by atoms with E-state index in [4.69, 9.17) is 44.1 Å². The summed E-state index contributed by atoms with van der Waals surface area (Å²) in [5, 5.41) is 13.5. The second-order valence-electron chi connectivity index (χ2n) is 10.6. The smallest absolute Gasteiger partial charge is 0.360 e. The molecule has 0 amide bonds. The molecule has 0 spiro atoms. The van der Waals surface area contributed by atoms with Gasteiger partial charge in [0.1, 0.15) is 11.6 Å². The van der Waals surface area contributed by atoms with Crippen molar-refractivity contribution in [3.8, 4) is 11.3 Å². The Morgan fingerprint density at radius 2 is 1.41 bits per heavy atom. The number of hydrogen-bond acceptors (Lipinski definition) is 8. The molecule has 0 aliphatic rings. The van der Waals surface area contributed by atoms with Gasteiger partial charge in [-0.05, 0) is 87.5 Å². The third-order valence-corrected chi connectivity index (χ3v) is 8.42. The highest BCUT2D eigenvalue weighted by Crippen LogP contribution is 2.29. The quantitative estimate of drug-likeness (QED) is 0.158. The first-order valence-electron chi connectivity index (χ1n) is 14.6. The van der Waals surface area contributed by atoms with E-state index in [-0.39, 0.29) is 29.7 Å². The van der Waals surface area contributed by atoms with Gasteiger partial charge in [-0.25, -0.2) is 13.9 Å². The minimum Gasteiger partial charge on any atom is -0.464 e. The molecule has 3 aromatic heterocycles. The van der Waals surface area contributed by atoms with Gasteiger partial charge in [-0.1, -0.05) is 46.0 Å². The van der Waals surface area contributed by atoms with Gasteiger partial charge in [0.15, 0.2) is 0 Å². The number of aryl methyl sites for hydroxylation is 2. The molecule has 49 heavy (non-hydrogen) atoms. The maximum atomic E-state index is 14.1. The SMILES string of the molecule is COC(=O)c1noc(C)c1-c1ccnn1C(=O)c1ccc(Cl)cc1.Cc1nn(C(=O)c2ccc(Cl)cc2)c(C)c1Cc1c(F)cccc1Cl. The van der Waals surface area contributed by atoms with Crippen molar-refractivity contribution in [3.63, 3.8) is 0 Å². The van der Waals surface area contributed by atoms with Crippen LogP contribution in [0.15, 0.2) is 83.5 Å². The minimum atomic E-state index is -0.659. The van der Waals surface area contributed by atoms with E-state index < -0.39 is 5.97 Å². The Morgan fingerprint density at radius 1 is 0.816 bits per heavy atom. The van der Waals surface area contributed by atoms with Crippen LogP contribution in [0.2, 0.25) is 15.1 Å². The van der Waals surface area contributed by atoms with E-state index in [2.05, 4.69) is 15.4 Å². The molecule has 0 bridgehead atoms. The third-order valence-electron chi connectivity index (χ3n) is 7.56. The van der Waals surface area contributed by atoms with Crippen molar-refractivity contribution in [1.82, 2.24) is 24.7 Å². The van der Waals surface area contributed by atoms with E-state index in [1.165, 1.54) is 28.7 Å². The van der Waals surface area contributed by atoms with Crippen molar-refractivity contribution in [1.29, 1.82) is 0 Å². The molecule has 0 fully saturated rings. The van der Waals surface area contributed by atoms with Crippen molar-refractivity contribution < 1.29 is 28.0 Å². The van der Waals surface area contributed by atoms with E-state index in [1.54, 1.807) is 87.5 Å². The lowest BCUT2D eigenvalue weighted by Crippen LogP contribution is -2.15. The topological polar surface area (TPSA) is 122 Å². The number of esters is 1. The van der Waals surface area contributed by atoms with Crippen molar-refractivity contribution in [3.05, 3.63) is 145 Å². The molecule has 0 unspecified atom stereocenters. The van der Waals surface area contributed by atoms with E-state index in [0.29, 0.717) is 60.2 Å². The summed E-state index contributed by atoms with van der Waals surface area (Å²) >= 11 is 17.8. The van der Waals surface area contributed by atoms with Crippen LogP contribution in [-0.4, -0.2) is 49.6 Å². The van der Waals surface area contributed by atoms with Gasteiger partial charge in [0, 0.05) is 49.4 Å². The maximum Gasteiger partial charge on any atom is 0.360 e. The third kappa shape index (κ3) is 7.49. The lowest BCUT2D eigenvalue weighted by molar-refractivity contribution is 0.0589. The fraction of sp³-hybridized carbons (Fsp3) is 0.143. The largest absolute Gasteiger partial charge is 0.464 e. The average Bonchev–Trinajstić information content (AvgIpc) is 3.80. The molecule has 0 atom stereocenters. The van der Waals surface area contributed by atoms with Gasteiger partial charge in [-0.15, -0.1) is 0 Å². The zero-order valence-electron chi connectivity index (χ0n) is 26.5. The van der Waals surface area contributed by atoms with Crippen molar-refractivity contribution in [2.45, 2.75) is 27.2 Å². The van der Waals surface area contributed by atoms with Crippen LogP contribution in [0.4, 0.5) is 4.39 Å². The van der Waals surface area contributed by atoms with Crippen molar-refractivity contribution >= 4 is 52.6 Å². The summed E-state index contributed by atoms with van der Waals surface area (Å²) in [5.74, 6) is -1.29. The Labute approximate surface area is 294 Å². The standard InChI is InChI=1S/C19H15Cl2FN2O.C16H12ClN3O4/c1-11-15(10-16-17(21)4-3-5-18(16)22)12(2)24(23-11)19(25)13-6-8-14(20)9-7-13;1-9-13(14(19-24-9)16(22)23-2)12-7-8-18-20(12)15(21)10-3-5-11(17)6-4-10/h3-9H,10H2,1-2H3;3-8H,1-2H3. The summed E-state index contributed by atoms with van der Waals surface area (Å²) < 4.78 is 26.4. The molecule has 14 heteroatoms. The van der Waals surface area contributed by atoms with Gasteiger partial charge in [0.2, 0.25) is 5.69 Å². The van der Waals surface area contributed by atoms with E-state index in [9.17, 15) is 18.8 Å². The first-order valence-corrected chi connectivity index (χ1v) is 15.7. The van der Waals surface area contributed by atoms with Gasteiger partial charge in [0.05, 0.1) is 30.3 Å². The summed E-state index contributed by atoms with van der Waals surface area (Å²) in [6.07, 6.45) is 1.73. The summed E-state index contributed by atoms with van der Waals surface area (Å²) in [6, 6.07) is 19.2. The molecule has 3 heterocycles. The number of aromatic nitrogens is 5. The molecular formula is C35H27Cl3FN5O5. The zero-order chi connectivity index (χ0) is 35.4. The van der Waals surface area contributed by atoms with Crippen LogP contribution in [0.3, 0.4) is 0 Å². The number of carbonyl (C=O) groups is 3. The molecule has 250 valence electrons. The Hall–Kier alpha value is -5.10. The van der Waals surface area contributed by atoms with Crippen LogP contribution in [-0.2, 0) is 11.2 Å². The maximum absolute atomic E-state index is 14.1. The van der Waals surface area contributed by atoms with Crippen LogP contribution in [0.1, 0.15) is 59.5 Å². The van der Waals surface area contributed by atoms with Gasteiger partial charge in [0.25, 0.3) is 11.8 Å². The first kappa shape index (κ1) is 35.2. The molecule has 0 saturated carbocycles. The number of rotatable bonds is 6. The highest BCUT2D eigenvalue weighted by atomic mass is 35.5. The number of halogens is 4. The molecule has 0 saturated heterocycles. The highest BCUT2D eigenvalue weighted by Gasteiger charge is 2.26. The second-order valence-corrected chi connectivity index (χ2v) is 11.9. The molecule has 0 aliphatic carbocycles. The number of ether oxygens (including phenoxy) is 1. The highest BCUT2D eigenvalue weighted by molar-refractivity contribution is 6.31. The van der Waals surface area contributed by atoms with Gasteiger partial charge in [-0.3, -0.25) is 9.59 Å². The molecule has 3 aromatic carbocycles. The normalized spacial score (nSPS) is 10.8. The van der Waals surface area contributed by atoms with Crippen LogP contribution in [0, 0.1) is 26.6 Å². The summed E-state index contributed by atoms with van der Waals surface area (Å²) in [4.78, 5) is 37.2. The Morgan fingerprint density at radius 3 is 1.98 bits per heavy atom. The number of benzene rings is 3. The van der Waals surface area contributed by atoms with Crippen LogP contribution in [0.5, 0.6) is 0 Å². The molecule has 6 rings (SSSR count). The second kappa shape index (κ2) is 15.0. The predicted molar refractivity (Wildman–Crippen MR) is 182 cm³/mol. The zero-order valence-corrected chi connectivity index (χ0v) is 28.8. The van der Waals surface area contributed by atoms with Crippen molar-refractivity contribution in [2.75, 3.05) is 7.11 Å². The molecule has 0 aliphatic heterocycles. The molecule has 0 radical (unpaired) electrons. The van der Waals surface area contributed by atoms with Gasteiger partial charge >= 0.3 is 5.97 Å². The number of methoxy groups -OCH3 is 1. The van der Waals surface area contributed by atoms with Crippen LogP contribution >= 0.6 is 34.8 Å². The monoisotopic (exact) mass is 721 g/mol. The molecular weight excluding hydrogens is 696 g/mol. The number of carbonyl (C=O) groups excluding carboxylic acids is 3. The van der Waals surface area contributed by atoms with E-state index >= 15 is 0 Å². The summed E-state index contributed by atoms with van der Waals surface area (Å²) in [7, 11) is 1.24. The van der Waals surface area contributed by atoms with Crippen LogP contribution in [0.25, 0.3) is 11.3 Å².